The molecule has 31 heavy (non-hydrogen) atoms. The topological polar surface area (TPSA) is 21.4 Å². The van der Waals surface area contributed by atoms with Crippen LogP contribution in [0.15, 0.2) is 71.1 Å². The van der Waals surface area contributed by atoms with Crippen LogP contribution in [-0.4, -0.2) is 0 Å². The van der Waals surface area contributed by atoms with Gasteiger partial charge in [-0.1, -0.05) is 42.5 Å². The summed E-state index contributed by atoms with van der Waals surface area (Å²) in [5.74, 6) is 0. The molecule has 3 heteroatoms. The SMILES string of the molecule is [2H]C([2H])([2H])c1ccc(-c2c(C)ccc3c2oc2c([N+]#[C-])cc(-c4ccccc4)cc23)[n+](C)c1C. The molecule has 0 amide bonds. The highest BCUT2D eigenvalue weighted by atomic mass is 16.3. The molecule has 0 bridgehead atoms. The minimum absolute atomic E-state index is 0.330. The summed E-state index contributed by atoms with van der Waals surface area (Å²) in [6.45, 7) is 9.42. The summed E-state index contributed by atoms with van der Waals surface area (Å²) in [6.07, 6.45) is 0. The molecule has 0 saturated carbocycles. The van der Waals surface area contributed by atoms with E-state index in [1.807, 2.05) is 80.1 Å². The molecule has 0 unspecified atom stereocenters. The Bertz CT molecular complexity index is 1620. The van der Waals surface area contributed by atoms with Crippen molar-refractivity contribution >= 4 is 27.6 Å². The largest absolute Gasteiger partial charge is 0.466 e. The van der Waals surface area contributed by atoms with Crippen LogP contribution in [0.4, 0.5) is 5.69 Å². The van der Waals surface area contributed by atoms with E-state index in [9.17, 15) is 0 Å². The molecule has 0 fully saturated rings. The van der Waals surface area contributed by atoms with E-state index in [1.165, 1.54) is 0 Å². The zero-order valence-corrected chi connectivity index (χ0v) is 17.7. The summed E-state index contributed by atoms with van der Waals surface area (Å²) < 4.78 is 31.8. The molecular formula is C28H23N2O+. The van der Waals surface area contributed by atoms with Crippen molar-refractivity contribution in [3.8, 4) is 22.4 Å². The van der Waals surface area contributed by atoms with Crippen molar-refractivity contribution in [3.63, 3.8) is 0 Å². The molecule has 2 heterocycles. The maximum Gasteiger partial charge on any atom is 0.230 e. The van der Waals surface area contributed by atoms with Crippen molar-refractivity contribution < 1.29 is 13.1 Å². The number of hydrogen-bond acceptors (Lipinski definition) is 1. The summed E-state index contributed by atoms with van der Waals surface area (Å²) in [5.41, 5.74) is 7.51. The molecule has 0 radical (unpaired) electrons. The third-order valence-corrected chi connectivity index (χ3v) is 6.08. The van der Waals surface area contributed by atoms with E-state index in [4.69, 9.17) is 15.1 Å². The van der Waals surface area contributed by atoms with Crippen LogP contribution >= 0.6 is 0 Å². The lowest BCUT2D eigenvalue weighted by Crippen LogP contribution is -2.35. The lowest BCUT2D eigenvalue weighted by molar-refractivity contribution is -0.667. The molecule has 0 spiro atoms. The van der Waals surface area contributed by atoms with Gasteiger partial charge in [0.05, 0.1) is 12.1 Å². The van der Waals surface area contributed by atoms with Crippen molar-refractivity contribution in [2.45, 2.75) is 20.7 Å². The van der Waals surface area contributed by atoms with Crippen molar-refractivity contribution in [3.05, 3.63) is 95.0 Å². The van der Waals surface area contributed by atoms with Crippen LogP contribution in [0.25, 0.3) is 49.2 Å². The average Bonchev–Trinajstić information content (AvgIpc) is 3.19. The Morgan fingerprint density at radius 3 is 2.39 bits per heavy atom. The maximum absolute atomic E-state index is 7.84. The summed E-state index contributed by atoms with van der Waals surface area (Å²) in [6, 6.07) is 21.5. The van der Waals surface area contributed by atoms with Gasteiger partial charge in [-0.15, -0.1) is 0 Å². The molecule has 150 valence electrons. The highest BCUT2D eigenvalue weighted by Crippen LogP contribution is 2.42. The fourth-order valence-electron chi connectivity index (χ4n) is 4.23. The molecule has 0 aliphatic rings. The van der Waals surface area contributed by atoms with Crippen molar-refractivity contribution in [1.29, 1.82) is 0 Å². The molecule has 0 N–H and O–H groups in total. The van der Waals surface area contributed by atoms with E-state index in [0.29, 0.717) is 28.1 Å². The fourth-order valence-corrected chi connectivity index (χ4v) is 4.23. The number of nitrogens with zero attached hydrogens (tertiary/aromatic N) is 2. The Morgan fingerprint density at radius 2 is 1.65 bits per heavy atom. The molecule has 5 aromatic rings. The lowest BCUT2D eigenvalue weighted by atomic mass is 9.98. The monoisotopic (exact) mass is 406 g/mol. The molecule has 0 atom stereocenters. The Balaban J connectivity index is 1.83. The van der Waals surface area contributed by atoms with Crippen LogP contribution in [0.5, 0.6) is 0 Å². The molecule has 3 nitrogen and oxygen atoms in total. The van der Waals surface area contributed by atoms with Crippen LogP contribution in [-0.2, 0) is 7.05 Å². The molecule has 2 aromatic heterocycles. The van der Waals surface area contributed by atoms with E-state index in [0.717, 1.165) is 38.7 Å². The van der Waals surface area contributed by atoms with Crippen molar-refractivity contribution in [2.24, 2.45) is 7.05 Å². The average molecular weight is 407 g/mol. The van der Waals surface area contributed by atoms with Gasteiger partial charge in [0.1, 0.15) is 18.2 Å². The molecule has 0 saturated heterocycles. The molecule has 0 aliphatic heterocycles. The van der Waals surface area contributed by atoms with Gasteiger partial charge in [-0.2, -0.15) is 4.57 Å². The van der Waals surface area contributed by atoms with Crippen LogP contribution in [0.2, 0.25) is 0 Å². The normalized spacial score (nSPS) is 13.0. The zero-order chi connectivity index (χ0) is 24.2. The first-order valence-corrected chi connectivity index (χ1v) is 10.1. The first-order chi connectivity index (χ1) is 16.2. The van der Waals surface area contributed by atoms with E-state index in [2.05, 4.69) is 10.9 Å². The van der Waals surface area contributed by atoms with Gasteiger partial charge in [0.25, 0.3) is 0 Å². The van der Waals surface area contributed by atoms with Gasteiger partial charge in [-0.25, -0.2) is 4.85 Å². The summed E-state index contributed by atoms with van der Waals surface area (Å²) in [5, 5.41) is 1.82. The quantitative estimate of drug-likeness (QED) is 0.224. The number of rotatable bonds is 2. The Labute approximate surface area is 186 Å². The predicted molar refractivity (Wildman–Crippen MR) is 126 cm³/mol. The van der Waals surface area contributed by atoms with Gasteiger partial charge in [0.2, 0.25) is 11.4 Å². The van der Waals surface area contributed by atoms with Crippen LogP contribution < -0.4 is 4.57 Å². The van der Waals surface area contributed by atoms with Crippen LogP contribution in [0.1, 0.15) is 20.9 Å². The highest BCUT2D eigenvalue weighted by Gasteiger charge is 2.23. The van der Waals surface area contributed by atoms with Crippen LogP contribution in [0, 0.1) is 27.3 Å². The second kappa shape index (κ2) is 7.11. The Hall–Kier alpha value is -3.90. The molecule has 5 rings (SSSR count). The standard InChI is InChI=1S/C28H23N2O/c1-17-12-14-25(30(5)19(17)3)26-18(2)11-13-22-23-15-21(20-9-7-6-8-10-20)16-24(29-4)27(23)31-28(22)26/h6-16H,1-3,5H3/q+1/i1D3. The second-order valence-electron chi connectivity index (χ2n) is 7.86. The summed E-state index contributed by atoms with van der Waals surface area (Å²) >= 11 is 0. The lowest BCUT2D eigenvalue weighted by Gasteiger charge is -2.08. The molecule has 3 aromatic carbocycles. The first-order valence-electron chi connectivity index (χ1n) is 11.6. The fraction of sp³-hybridized carbons (Fsp3) is 0.143. The zero-order valence-electron chi connectivity index (χ0n) is 20.7. The molecule has 0 aliphatic carbocycles. The number of benzene rings is 3. The first kappa shape index (κ1) is 15.9. The molecular weight excluding hydrogens is 380 g/mol. The van der Waals surface area contributed by atoms with E-state index in [-0.39, 0.29) is 0 Å². The van der Waals surface area contributed by atoms with Gasteiger partial charge in [0.15, 0.2) is 5.69 Å². The Morgan fingerprint density at radius 1 is 0.871 bits per heavy atom. The number of furan rings is 1. The summed E-state index contributed by atoms with van der Waals surface area (Å²) in [7, 11) is 1.87. The minimum Gasteiger partial charge on any atom is -0.466 e. The van der Waals surface area contributed by atoms with Crippen molar-refractivity contribution in [2.75, 3.05) is 0 Å². The number of aryl methyl sites for hydroxylation is 2. The van der Waals surface area contributed by atoms with E-state index >= 15 is 0 Å². The minimum atomic E-state index is -2.18. The maximum atomic E-state index is 7.84. The third-order valence-electron chi connectivity index (χ3n) is 6.08. The Kier molecular flexibility index (Phi) is 3.64. The van der Waals surface area contributed by atoms with Gasteiger partial charge in [-0.3, -0.25) is 0 Å². The van der Waals surface area contributed by atoms with Gasteiger partial charge in [0, 0.05) is 33.4 Å². The predicted octanol–water partition coefficient (Wildman–Crippen LogP) is 7.22. The highest BCUT2D eigenvalue weighted by molar-refractivity contribution is 6.14. The van der Waals surface area contributed by atoms with E-state index < -0.39 is 6.85 Å². The second-order valence-corrected chi connectivity index (χ2v) is 7.86. The van der Waals surface area contributed by atoms with Crippen molar-refractivity contribution in [1.82, 2.24) is 0 Å². The number of hydrogen-bond donors (Lipinski definition) is 0. The number of aromatic nitrogens is 1. The third kappa shape index (κ3) is 2.92. The summed E-state index contributed by atoms with van der Waals surface area (Å²) in [4.78, 5) is 3.76. The van der Waals surface area contributed by atoms with Gasteiger partial charge in [-0.05, 0) is 48.7 Å². The number of pyridine rings is 1. The van der Waals surface area contributed by atoms with Crippen LogP contribution in [0.3, 0.4) is 0 Å². The van der Waals surface area contributed by atoms with E-state index in [1.54, 1.807) is 6.07 Å². The van der Waals surface area contributed by atoms with Gasteiger partial charge < -0.3 is 4.42 Å². The number of fused-ring (bicyclic) bond motifs is 3. The smallest absolute Gasteiger partial charge is 0.230 e. The van der Waals surface area contributed by atoms with Gasteiger partial charge >= 0.3 is 0 Å².